The van der Waals surface area contributed by atoms with Gasteiger partial charge in [-0.05, 0) is 31.9 Å². The highest BCUT2D eigenvalue weighted by molar-refractivity contribution is 6.01. The first-order valence-corrected chi connectivity index (χ1v) is 9.46. The summed E-state index contributed by atoms with van der Waals surface area (Å²) in [6.07, 6.45) is 7.43. The fourth-order valence-corrected chi connectivity index (χ4v) is 2.33. The summed E-state index contributed by atoms with van der Waals surface area (Å²) < 4.78 is 36.4. The molecule has 1 amide bonds. The Labute approximate surface area is 170 Å². The molecule has 2 aromatic rings. The Morgan fingerprint density at radius 3 is 2.52 bits per heavy atom. The summed E-state index contributed by atoms with van der Waals surface area (Å²) in [5.41, 5.74) is 2.31. The van der Waals surface area contributed by atoms with E-state index >= 15 is 0 Å². The molecule has 0 saturated carbocycles. The largest absolute Gasteiger partial charge is 0.385 e. The third-order valence-corrected chi connectivity index (χ3v) is 3.87. The van der Waals surface area contributed by atoms with Crippen LogP contribution in [-0.4, -0.2) is 43.3 Å². The predicted octanol–water partition coefficient (Wildman–Crippen LogP) is 5.73. The Hall–Kier alpha value is -2.77. The number of rotatable bonds is 8. The lowest BCUT2D eigenvalue weighted by atomic mass is 10.1. The van der Waals surface area contributed by atoms with Gasteiger partial charge in [0.2, 0.25) is 6.41 Å². The van der Waals surface area contributed by atoms with Gasteiger partial charge in [-0.15, -0.1) is 0 Å². The van der Waals surface area contributed by atoms with E-state index in [-0.39, 0.29) is 19.6 Å². The maximum absolute atomic E-state index is 13.2. The molecule has 0 spiro atoms. The molecule has 2 N–H and O–H groups in total. The molecule has 0 atom stereocenters. The second kappa shape index (κ2) is 15.2. The number of amides is 1. The van der Waals surface area contributed by atoms with E-state index in [9.17, 15) is 18.0 Å². The van der Waals surface area contributed by atoms with E-state index in [0.29, 0.717) is 29.0 Å². The summed E-state index contributed by atoms with van der Waals surface area (Å²) in [6, 6.07) is 1.82. The number of aromatic amines is 1. The number of halogens is 3. The molecule has 0 fully saturated rings. The first-order chi connectivity index (χ1) is 14.0. The fraction of sp³-hybridized carbons (Fsp3) is 0.429. The molecule has 0 saturated heterocycles. The quantitative estimate of drug-likeness (QED) is 0.430. The van der Waals surface area contributed by atoms with Crippen molar-refractivity contribution in [1.82, 2.24) is 9.97 Å². The maximum atomic E-state index is 13.2. The lowest BCUT2D eigenvalue weighted by Crippen LogP contribution is -2.24. The molecule has 0 aliphatic heterocycles. The standard InChI is InChI=1S/C15H18F2N4O.C4H7F.C2H6/c1-10(12(17)7-16)4-6-21(9-22)14-11-3-5-19-15(11)20-8-13(14)18-2;1-2-3-4-5;1-2/h3,5,8-9,18H,4,6-7H2,1-2H3,(H,19,20);2-3H,4H2,1H3;1-2H3/b;3-2-;. The van der Waals surface area contributed by atoms with Crippen molar-refractivity contribution in [2.75, 3.05) is 37.2 Å². The average molecular weight is 413 g/mol. The number of fused-ring (bicyclic) bond motifs is 1. The number of nitrogens with one attached hydrogen (secondary N) is 2. The zero-order valence-corrected chi connectivity index (χ0v) is 17.7. The normalized spacial score (nSPS) is 11.2. The van der Waals surface area contributed by atoms with Crippen molar-refractivity contribution in [2.24, 2.45) is 0 Å². The molecule has 2 aromatic heterocycles. The van der Waals surface area contributed by atoms with Crippen molar-refractivity contribution < 1.29 is 18.0 Å². The minimum Gasteiger partial charge on any atom is -0.385 e. The van der Waals surface area contributed by atoms with Gasteiger partial charge in [-0.25, -0.2) is 18.2 Å². The van der Waals surface area contributed by atoms with Gasteiger partial charge in [0.05, 0.1) is 17.6 Å². The molecule has 8 heteroatoms. The van der Waals surface area contributed by atoms with Gasteiger partial charge in [-0.1, -0.05) is 26.0 Å². The van der Waals surface area contributed by atoms with E-state index in [2.05, 4.69) is 15.3 Å². The molecule has 0 aromatic carbocycles. The number of anilines is 2. The number of hydrogen-bond donors (Lipinski definition) is 2. The van der Waals surface area contributed by atoms with Crippen LogP contribution < -0.4 is 10.2 Å². The summed E-state index contributed by atoms with van der Waals surface area (Å²) in [5, 5.41) is 3.77. The molecule has 29 heavy (non-hydrogen) atoms. The van der Waals surface area contributed by atoms with Crippen LogP contribution in [0.2, 0.25) is 0 Å². The first kappa shape index (κ1) is 26.2. The average Bonchev–Trinajstić information content (AvgIpc) is 3.24. The van der Waals surface area contributed by atoms with Crippen LogP contribution in [0.25, 0.3) is 11.0 Å². The van der Waals surface area contributed by atoms with Crippen molar-refractivity contribution in [2.45, 2.75) is 34.1 Å². The van der Waals surface area contributed by atoms with E-state index in [1.165, 1.54) is 17.9 Å². The highest BCUT2D eigenvalue weighted by Crippen LogP contribution is 2.32. The molecule has 2 heterocycles. The molecule has 2 rings (SSSR count). The number of nitrogens with zero attached hydrogens (tertiary/aromatic N) is 2. The highest BCUT2D eigenvalue weighted by Gasteiger charge is 2.16. The summed E-state index contributed by atoms with van der Waals surface area (Å²) >= 11 is 0. The van der Waals surface area contributed by atoms with E-state index < -0.39 is 12.5 Å². The van der Waals surface area contributed by atoms with Crippen molar-refractivity contribution in [3.63, 3.8) is 0 Å². The van der Waals surface area contributed by atoms with Crippen LogP contribution in [0.4, 0.5) is 24.5 Å². The van der Waals surface area contributed by atoms with E-state index in [0.717, 1.165) is 5.39 Å². The van der Waals surface area contributed by atoms with Crippen LogP contribution >= 0.6 is 0 Å². The number of hydrogen-bond acceptors (Lipinski definition) is 3. The van der Waals surface area contributed by atoms with Crippen molar-refractivity contribution >= 4 is 28.8 Å². The first-order valence-electron chi connectivity index (χ1n) is 9.46. The molecular formula is C21H31F3N4O. The van der Waals surface area contributed by atoms with Gasteiger partial charge in [-0.2, -0.15) is 0 Å². The number of aromatic nitrogens is 2. The van der Waals surface area contributed by atoms with Crippen LogP contribution in [0, 0.1) is 0 Å². The minimum absolute atomic E-state index is 0.252. The number of pyridine rings is 1. The van der Waals surface area contributed by atoms with Crippen LogP contribution in [0.3, 0.4) is 0 Å². The predicted molar refractivity (Wildman–Crippen MR) is 116 cm³/mol. The number of H-pyrrole nitrogens is 1. The summed E-state index contributed by atoms with van der Waals surface area (Å²) in [4.78, 5) is 20.2. The monoisotopic (exact) mass is 412 g/mol. The lowest BCUT2D eigenvalue weighted by Gasteiger charge is -2.21. The summed E-state index contributed by atoms with van der Waals surface area (Å²) in [7, 11) is 1.73. The molecule has 0 aliphatic carbocycles. The van der Waals surface area contributed by atoms with Crippen LogP contribution in [0.5, 0.6) is 0 Å². The molecule has 0 aliphatic rings. The number of allylic oxidation sites excluding steroid dienone is 3. The van der Waals surface area contributed by atoms with Crippen molar-refractivity contribution in [3.8, 4) is 0 Å². The zero-order chi connectivity index (χ0) is 22.2. The minimum atomic E-state index is -1.12. The molecule has 0 unspecified atom stereocenters. The van der Waals surface area contributed by atoms with E-state index in [1.807, 2.05) is 19.9 Å². The Morgan fingerprint density at radius 2 is 2.03 bits per heavy atom. The highest BCUT2D eigenvalue weighted by atomic mass is 19.2. The number of carbonyl (C=O) groups excluding carboxylic acids is 1. The Bertz CT molecular complexity index is 787. The number of carbonyl (C=O) groups is 1. The number of alkyl halides is 2. The van der Waals surface area contributed by atoms with Gasteiger partial charge in [-0.3, -0.25) is 4.79 Å². The fourth-order valence-electron chi connectivity index (χ4n) is 2.33. The van der Waals surface area contributed by atoms with E-state index in [4.69, 9.17) is 0 Å². The zero-order valence-electron chi connectivity index (χ0n) is 17.7. The van der Waals surface area contributed by atoms with Crippen molar-refractivity contribution in [1.29, 1.82) is 0 Å². The molecule has 5 nitrogen and oxygen atoms in total. The van der Waals surface area contributed by atoms with Crippen LogP contribution in [0.15, 0.2) is 42.0 Å². The Morgan fingerprint density at radius 1 is 1.34 bits per heavy atom. The molecule has 0 radical (unpaired) electrons. The van der Waals surface area contributed by atoms with Gasteiger partial charge in [0.15, 0.2) is 0 Å². The third kappa shape index (κ3) is 8.01. The molecule has 162 valence electrons. The smallest absolute Gasteiger partial charge is 0.214 e. The van der Waals surface area contributed by atoms with Gasteiger partial charge < -0.3 is 15.2 Å². The summed E-state index contributed by atoms with van der Waals surface area (Å²) in [5.74, 6) is -0.777. The van der Waals surface area contributed by atoms with Gasteiger partial charge >= 0.3 is 0 Å². The summed E-state index contributed by atoms with van der Waals surface area (Å²) in [6.45, 7) is 6.11. The van der Waals surface area contributed by atoms with Crippen molar-refractivity contribution in [3.05, 3.63) is 42.0 Å². The SMILES string of the molecule is C/C=C\CF.CC.CNc1cnc2[nH]ccc2c1N(C=O)CCC(C)=C(F)CF. The Balaban J connectivity index is 0.000000977. The van der Waals surface area contributed by atoms with Crippen LogP contribution in [-0.2, 0) is 4.79 Å². The second-order valence-corrected chi connectivity index (χ2v) is 5.60. The van der Waals surface area contributed by atoms with Gasteiger partial charge in [0.25, 0.3) is 0 Å². The van der Waals surface area contributed by atoms with Gasteiger partial charge in [0.1, 0.15) is 24.8 Å². The maximum Gasteiger partial charge on any atom is 0.214 e. The third-order valence-electron chi connectivity index (χ3n) is 3.87. The van der Waals surface area contributed by atoms with Gasteiger partial charge in [0, 0.05) is 25.2 Å². The molecule has 0 bridgehead atoms. The van der Waals surface area contributed by atoms with E-state index in [1.54, 1.807) is 32.4 Å². The topological polar surface area (TPSA) is 61.0 Å². The lowest BCUT2D eigenvalue weighted by molar-refractivity contribution is -0.107. The molecular weight excluding hydrogens is 381 g/mol. The second-order valence-electron chi connectivity index (χ2n) is 5.60. The Kier molecular flexibility index (Phi) is 13.7. The van der Waals surface area contributed by atoms with Crippen LogP contribution in [0.1, 0.15) is 34.1 Å².